The van der Waals surface area contributed by atoms with Gasteiger partial charge in [0, 0.05) is 5.92 Å². The number of aliphatic hydroxyl groups excluding tert-OH is 2. The topological polar surface area (TPSA) is 139 Å². The van der Waals surface area contributed by atoms with E-state index in [0.717, 1.165) is 38.3 Å². The van der Waals surface area contributed by atoms with Crippen LogP contribution in [0.2, 0.25) is 0 Å². The quantitative estimate of drug-likeness (QED) is 0.111. The van der Waals surface area contributed by atoms with Crippen molar-refractivity contribution in [2.24, 2.45) is 17.8 Å². The van der Waals surface area contributed by atoms with Gasteiger partial charge in [-0.15, -0.1) is 0 Å². The van der Waals surface area contributed by atoms with Gasteiger partial charge in [-0.05, 0) is 103 Å². The second kappa shape index (κ2) is 12.9. The molecule has 1 fully saturated rings. The van der Waals surface area contributed by atoms with Gasteiger partial charge in [-0.3, -0.25) is 14.5 Å². The number of phenolic OH excluding ortho intramolecular Hbond substituents is 1. The molecule has 5 N–H and O–H groups in total. The number of carbonyl (C=O) groups is 2. The van der Waals surface area contributed by atoms with E-state index in [0.29, 0.717) is 18.4 Å². The van der Waals surface area contributed by atoms with Crippen LogP contribution in [0.25, 0.3) is 11.6 Å². The van der Waals surface area contributed by atoms with E-state index in [-0.39, 0.29) is 23.3 Å². The Kier molecular flexibility index (Phi) is 9.22. The number of benzene rings is 3. The summed E-state index contributed by atoms with van der Waals surface area (Å²) in [4.78, 5) is 28.3. The summed E-state index contributed by atoms with van der Waals surface area (Å²) in [5, 5.41) is 51.6. The first-order valence-corrected chi connectivity index (χ1v) is 14.9. The van der Waals surface area contributed by atoms with Crippen LogP contribution in [-0.2, 0) is 9.59 Å². The average Bonchev–Trinajstić information content (AvgIpc) is 3.26. The minimum absolute atomic E-state index is 0.155. The van der Waals surface area contributed by atoms with E-state index in [9.17, 15) is 35.0 Å². The maximum atomic E-state index is 13.7. The summed E-state index contributed by atoms with van der Waals surface area (Å²) in [5.74, 6) is -2.85. The van der Waals surface area contributed by atoms with Crippen molar-refractivity contribution >= 4 is 41.7 Å². The van der Waals surface area contributed by atoms with Crippen molar-refractivity contribution in [3.63, 3.8) is 0 Å². The maximum Gasteiger partial charge on any atom is 0.488 e. The van der Waals surface area contributed by atoms with Gasteiger partial charge < -0.3 is 25.4 Å². The van der Waals surface area contributed by atoms with Crippen LogP contribution in [0.1, 0.15) is 48.4 Å². The maximum absolute atomic E-state index is 13.7. The Morgan fingerprint density at radius 3 is 2.30 bits per heavy atom. The van der Waals surface area contributed by atoms with Crippen molar-refractivity contribution < 1.29 is 35.0 Å². The molecular formula is C35H38BNO7. The predicted molar refractivity (Wildman–Crippen MR) is 171 cm³/mol. The van der Waals surface area contributed by atoms with E-state index in [4.69, 9.17) is 0 Å². The first kappa shape index (κ1) is 31.4. The molecule has 0 spiro atoms. The van der Waals surface area contributed by atoms with Gasteiger partial charge in [0.2, 0.25) is 11.8 Å². The minimum Gasteiger partial charge on any atom is -0.507 e. The van der Waals surface area contributed by atoms with Crippen molar-refractivity contribution in [1.82, 2.24) is 0 Å². The number of amides is 2. The van der Waals surface area contributed by atoms with E-state index in [1.165, 1.54) is 12.1 Å². The Hall–Kier alpha value is -4.02. The van der Waals surface area contributed by atoms with E-state index >= 15 is 0 Å². The zero-order valence-electron chi connectivity index (χ0n) is 25.1. The minimum atomic E-state index is -1.75. The Morgan fingerprint density at radius 2 is 1.66 bits per heavy atom. The largest absolute Gasteiger partial charge is 0.507 e. The van der Waals surface area contributed by atoms with Gasteiger partial charge in [0.25, 0.3) is 0 Å². The zero-order valence-corrected chi connectivity index (χ0v) is 25.1. The number of aromatic hydroxyl groups is 1. The Balaban J connectivity index is 1.41. The highest BCUT2D eigenvalue weighted by molar-refractivity contribution is 6.58. The SMILES string of the molecule is CC1=C([C@H](O)CC/C(=C/c2cc(C)c(O)c(C)c2)c2ccccc2)[C@H](CO)[C@@H]2C(=O)N(c3cccc(B(O)O)c3)C(=O)[C@@H]2C1. The highest BCUT2D eigenvalue weighted by Crippen LogP contribution is 2.47. The van der Waals surface area contributed by atoms with E-state index in [1.807, 2.05) is 63.2 Å². The lowest BCUT2D eigenvalue weighted by atomic mass is 9.68. The summed E-state index contributed by atoms with van der Waals surface area (Å²) in [5.41, 5.74) is 6.26. The summed E-state index contributed by atoms with van der Waals surface area (Å²) in [6.45, 7) is 5.15. The van der Waals surface area contributed by atoms with Crippen molar-refractivity contribution in [2.45, 2.75) is 46.1 Å². The molecule has 0 bridgehead atoms. The summed E-state index contributed by atoms with van der Waals surface area (Å²) < 4.78 is 0. The fourth-order valence-corrected chi connectivity index (χ4v) is 6.87. The molecule has 2 aliphatic rings. The number of nitrogens with zero attached hydrogens (tertiary/aromatic N) is 1. The van der Waals surface area contributed by atoms with Gasteiger partial charge in [0.1, 0.15) is 5.75 Å². The molecule has 44 heavy (non-hydrogen) atoms. The number of anilines is 1. The zero-order chi connectivity index (χ0) is 31.7. The summed E-state index contributed by atoms with van der Waals surface area (Å²) in [6.07, 6.45) is 2.22. The molecule has 3 aromatic rings. The van der Waals surface area contributed by atoms with Crippen LogP contribution < -0.4 is 10.4 Å². The second-order valence-corrected chi connectivity index (χ2v) is 11.9. The molecule has 1 aliphatic heterocycles. The second-order valence-electron chi connectivity index (χ2n) is 11.9. The van der Waals surface area contributed by atoms with Crippen LogP contribution in [0.5, 0.6) is 5.75 Å². The van der Waals surface area contributed by atoms with Crippen LogP contribution >= 0.6 is 0 Å². The number of fused-ring (bicyclic) bond motifs is 1. The molecule has 1 aliphatic carbocycles. The summed E-state index contributed by atoms with van der Waals surface area (Å²) in [6, 6.07) is 19.7. The summed E-state index contributed by atoms with van der Waals surface area (Å²) >= 11 is 0. The molecular weight excluding hydrogens is 557 g/mol. The molecule has 1 saturated heterocycles. The highest BCUT2D eigenvalue weighted by atomic mass is 16.4. The number of hydrogen-bond acceptors (Lipinski definition) is 7. The molecule has 1 heterocycles. The molecule has 0 unspecified atom stereocenters. The molecule has 9 heteroatoms. The molecule has 4 atom stereocenters. The van der Waals surface area contributed by atoms with Gasteiger partial charge >= 0.3 is 7.12 Å². The van der Waals surface area contributed by atoms with Gasteiger partial charge in [0.15, 0.2) is 0 Å². The lowest BCUT2D eigenvalue weighted by Gasteiger charge is -2.35. The number of aliphatic hydroxyl groups is 2. The fourth-order valence-electron chi connectivity index (χ4n) is 6.87. The molecule has 3 aromatic carbocycles. The van der Waals surface area contributed by atoms with Crippen molar-refractivity contribution in [2.75, 3.05) is 11.5 Å². The Labute approximate surface area is 257 Å². The number of carbonyl (C=O) groups excluding carboxylic acids is 2. The number of rotatable bonds is 9. The molecule has 8 nitrogen and oxygen atoms in total. The van der Waals surface area contributed by atoms with Gasteiger partial charge in [0.05, 0.1) is 30.2 Å². The first-order chi connectivity index (χ1) is 21.0. The standard InChI is InChI=1S/C35H38BNO7/c1-20-16-28-32(35(42)37(34(28)41)27-11-7-10-26(18-27)36(43)44)29(19-38)31(20)30(39)13-12-25(24-8-5-4-6-9-24)17-23-14-21(2)33(40)22(3)15-23/h4-11,14-15,17-18,28-30,32,38-40,43-44H,12-13,16,19H2,1-3H3/b25-17-/t28-,29+,30-,32-/m1/s1. The van der Waals surface area contributed by atoms with Crippen LogP contribution in [-0.4, -0.2) is 57.0 Å². The normalized spacial score (nSPS) is 21.1. The lowest BCUT2D eigenvalue weighted by Crippen LogP contribution is -2.39. The molecule has 0 aromatic heterocycles. The predicted octanol–water partition coefficient (Wildman–Crippen LogP) is 3.51. The third-order valence-electron chi connectivity index (χ3n) is 9.00. The Morgan fingerprint density at radius 1 is 0.977 bits per heavy atom. The van der Waals surface area contributed by atoms with E-state index < -0.39 is 49.4 Å². The van der Waals surface area contributed by atoms with Crippen LogP contribution in [0.4, 0.5) is 5.69 Å². The molecule has 2 amide bonds. The molecule has 0 radical (unpaired) electrons. The highest BCUT2D eigenvalue weighted by Gasteiger charge is 2.54. The molecule has 0 saturated carbocycles. The third-order valence-corrected chi connectivity index (χ3v) is 9.00. The average molecular weight is 596 g/mol. The van der Waals surface area contributed by atoms with Crippen molar-refractivity contribution in [3.05, 3.63) is 100 Å². The number of aryl methyl sites for hydroxylation is 2. The number of phenols is 1. The molecule has 228 valence electrons. The van der Waals surface area contributed by atoms with Crippen LogP contribution in [0, 0.1) is 31.6 Å². The monoisotopic (exact) mass is 595 g/mol. The van der Waals surface area contributed by atoms with Crippen molar-refractivity contribution in [3.8, 4) is 5.75 Å². The number of imide groups is 1. The van der Waals surface area contributed by atoms with Crippen molar-refractivity contribution in [1.29, 1.82) is 0 Å². The number of hydrogen-bond donors (Lipinski definition) is 5. The lowest BCUT2D eigenvalue weighted by molar-refractivity contribution is -0.123. The van der Waals surface area contributed by atoms with E-state index in [1.54, 1.807) is 12.1 Å². The molecule has 5 rings (SSSR count). The first-order valence-electron chi connectivity index (χ1n) is 14.9. The Bertz CT molecular complexity index is 1610. The third kappa shape index (κ3) is 6.01. The van der Waals surface area contributed by atoms with Crippen LogP contribution in [0.3, 0.4) is 0 Å². The van der Waals surface area contributed by atoms with E-state index in [2.05, 4.69) is 6.08 Å². The van der Waals surface area contributed by atoms with Gasteiger partial charge in [-0.25, -0.2) is 0 Å². The van der Waals surface area contributed by atoms with Gasteiger partial charge in [-0.2, -0.15) is 0 Å². The fraction of sp³-hybridized carbons (Fsp3) is 0.314. The number of allylic oxidation sites excluding steroid dienone is 2. The smallest absolute Gasteiger partial charge is 0.488 e. The van der Waals surface area contributed by atoms with Crippen LogP contribution in [0.15, 0.2) is 77.9 Å². The summed E-state index contributed by atoms with van der Waals surface area (Å²) in [7, 11) is -1.75. The van der Waals surface area contributed by atoms with Gasteiger partial charge in [-0.1, -0.05) is 54.1 Å².